The van der Waals surface area contributed by atoms with Gasteiger partial charge in [-0.3, -0.25) is 0 Å². The number of fused-ring (bicyclic) bond motifs is 1. The smallest absolute Gasteiger partial charge is 0.0452 e. The fourth-order valence-electron chi connectivity index (χ4n) is 5.45. The SMILES string of the molecule is CCN(CC)C1CCN(c2cc(-c3ccc(-c4ccccc4)cc3)cc3cc(Cl)ccc23)CC1. The topological polar surface area (TPSA) is 6.48 Å². The van der Waals surface area contributed by atoms with Crippen molar-refractivity contribution in [1.29, 1.82) is 0 Å². The maximum absolute atomic E-state index is 6.41. The summed E-state index contributed by atoms with van der Waals surface area (Å²) in [6.45, 7) is 9.01. The van der Waals surface area contributed by atoms with Crippen molar-refractivity contribution in [1.82, 2.24) is 4.90 Å². The molecule has 0 atom stereocenters. The van der Waals surface area contributed by atoms with E-state index in [9.17, 15) is 0 Å². The third kappa shape index (κ3) is 4.71. The summed E-state index contributed by atoms with van der Waals surface area (Å²) in [6, 6.07) is 31.2. The molecule has 3 heteroatoms. The molecule has 174 valence electrons. The third-order valence-electron chi connectivity index (χ3n) is 7.35. The van der Waals surface area contributed by atoms with Gasteiger partial charge in [0, 0.05) is 35.2 Å². The normalized spacial score (nSPS) is 14.8. The summed E-state index contributed by atoms with van der Waals surface area (Å²) >= 11 is 6.41. The van der Waals surface area contributed by atoms with Gasteiger partial charge in [-0.25, -0.2) is 0 Å². The molecular weight excluding hydrogens is 436 g/mol. The lowest BCUT2D eigenvalue weighted by Gasteiger charge is -2.39. The first kappa shape index (κ1) is 23.0. The van der Waals surface area contributed by atoms with Crippen LogP contribution in [0, 0.1) is 0 Å². The van der Waals surface area contributed by atoms with Crippen molar-refractivity contribution in [3.05, 3.63) is 90.0 Å². The molecular formula is C31H33ClN2. The van der Waals surface area contributed by atoms with Crippen molar-refractivity contribution in [2.45, 2.75) is 32.7 Å². The van der Waals surface area contributed by atoms with Crippen LogP contribution in [0.5, 0.6) is 0 Å². The van der Waals surface area contributed by atoms with Crippen LogP contribution in [0.4, 0.5) is 5.69 Å². The highest BCUT2D eigenvalue weighted by molar-refractivity contribution is 6.31. The average Bonchev–Trinajstić information content (AvgIpc) is 2.89. The van der Waals surface area contributed by atoms with E-state index in [1.165, 1.54) is 51.6 Å². The molecule has 4 aromatic rings. The van der Waals surface area contributed by atoms with Gasteiger partial charge in [0.25, 0.3) is 0 Å². The van der Waals surface area contributed by atoms with Gasteiger partial charge in [-0.2, -0.15) is 0 Å². The Labute approximate surface area is 208 Å². The molecule has 0 unspecified atom stereocenters. The van der Waals surface area contributed by atoms with Crippen LogP contribution in [0.15, 0.2) is 84.9 Å². The van der Waals surface area contributed by atoms with Crippen LogP contribution in [0.2, 0.25) is 5.02 Å². The van der Waals surface area contributed by atoms with Gasteiger partial charge in [0.15, 0.2) is 0 Å². The van der Waals surface area contributed by atoms with E-state index in [1.807, 2.05) is 6.07 Å². The summed E-state index contributed by atoms with van der Waals surface area (Å²) in [5.41, 5.74) is 6.30. The maximum atomic E-state index is 6.41. The van der Waals surface area contributed by atoms with Gasteiger partial charge < -0.3 is 9.80 Å². The fraction of sp³-hybridized carbons (Fsp3) is 0.290. The summed E-state index contributed by atoms with van der Waals surface area (Å²) in [6.07, 6.45) is 2.43. The molecule has 1 aliphatic rings. The van der Waals surface area contributed by atoms with Gasteiger partial charge in [-0.05, 0) is 77.8 Å². The van der Waals surface area contributed by atoms with E-state index in [-0.39, 0.29) is 0 Å². The van der Waals surface area contributed by atoms with Gasteiger partial charge in [-0.15, -0.1) is 0 Å². The van der Waals surface area contributed by atoms with E-state index >= 15 is 0 Å². The highest BCUT2D eigenvalue weighted by Crippen LogP contribution is 2.36. The van der Waals surface area contributed by atoms with Crippen LogP contribution in [0.3, 0.4) is 0 Å². The Morgan fingerprint density at radius 3 is 2.00 bits per heavy atom. The zero-order chi connectivity index (χ0) is 23.5. The lowest BCUT2D eigenvalue weighted by atomic mass is 9.95. The molecule has 1 heterocycles. The average molecular weight is 469 g/mol. The molecule has 1 saturated heterocycles. The molecule has 4 aromatic carbocycles. The molecule has 0 saturated carbocycles. The monoisotopic (exact) mass is 468 g/mol. The standard InChI is InChI=1S/C31H33ClN2/c1-3-33(4-2)29-16-18-34(19-17-29)31-22-26(20-27-21-28(32)14-15-30(27)31)25-12-10-24(11-13-25)23-8-6-5-7-9-23/h5-15,20-22,29H,3-4,16-19H2,1-2H3. The van der Waals surface area contributed by atoms with E-state index in [4.69, 9.17) is 11.6 Å². The molecule has 0 spiro atoms. The van der Waals surface area contributed by atoms with Crippen molar-refractivity contribution < 1.29 is 0 Å². The van der Waals surface area contributed by atoms with E-state index < -0.39 is 0 Å². The number of piperidine rings is 1. The van der Waals surface area contributed by atoms with Gasteiger partial charge >= 0.3 is 0 Å². The molecule has 0 N–H and O–H groups in total. The van der Waals surface area contributed by atoms with E-state index in [2.05, 4.69) is 103 Å². The van der Waals surface area contributed by atoms with E-state index in [0.717, 1.165) is 31.2 Å². The number of nitrogens with zero attached hydrogens (tertiary/aromatic N) is 2. The predicted octanol–water partition coefficient (Wildman–Crippen LogP) is 8.14. The molecule has 2 nitrogen and oxygen atoms in total. The first-order chi connectivity index (χ1) is 16.7. The van der Waals surface area contributed by atoms with Crippen molar-refractivity contribution in [2.75, 3.05) is 31.1 Å². The van der Waals surface area contributed by atoms with Crippen molar-refractivity contribution >= 4 is 28.1 Å². The number of hydrogen-bond donors (Lipinski definition) is 0. The highest BCUT2D eigenvalue weighted by atomic mass is 35.5. The minimum Gasteiger partial charge on any atom is -0.371 e. The second-order valence-corrected chi connectivity index (χ2v) is 9.68. The largest absolute Gasteiger partial charge is 0.371 e. The van der Waals surface area contributed by atoms with Crippen molar-refractivity contribution in [3.8, 4) is 22.3 Å². The quantitative estimate of drug-likeness (QED) is 0.281. The zero-order valence-corrected chi connectivity index (χ0v) is 20.9. The Kier molecular flexibility index (Phi) is 6.89. The van der Waals surface area contributed by atoms with Crippen molar-refractivity contribution in [2.24, 2.45) is 0 Å². The number of halogens is 1. The van der Waals surface area contributed by atoms with E-state index in [1.54, 1.807) is 0 Å². The van der Waals surface area contributed by atoms with E-state index in [0.29, 0.717) is 6.04 Å². The van der Waals surface area contributed by atoms with Gasteiger partial charge in [0.2, 0.25) is 0 Å². The number of benzene rings is 4. The Bertz CT molecular complexity index is 1240. The predicted molar refractivity (Wildman–Crippen MR) is 148 cm³/mol. The first-order valence-electron chi connectivity index (χ1n) is 12.5. The lowest BCUT2D eigenvalue weighted by molar-refractivity contribution is 0.186. The lowest BCUT2D eigenvalue weighted by Crippen LogP contribution is -2.44. The first-order valence-corrected chi connectivity index (χ1v) is 12.9. The highest BCUT2D eigenvalue weighted by Gasteiger charge is 2.24. The van der Waals surface area contributed by atoms with Gasteiger partial charge in [0.1, 0.15) is 0 Å². The molecule has 5 rings (SSSR count). The zero-order valence-electron chi connectivity index (χ0n) is 20.2. The van der Waals surface area contributed by atoms with Gasteiger partial charge in [-0.1, -0.05) is 86.1 Å². The second-order valence-electron chi connectivity index (χ2n) is 9.24. The summed E-state index contributed by atoms with van der Waals surface area (Å²) in [5.74, 6) is 0. The number of anilines is 1. The van der Waals surface area contributed by atoms with Crippen LogP contribution in [-0.2, 0) is 0 Å². The van der Waals surface area contributed by atoms with Crippen LogP contribution in [0.1, 0.15) is 26.7 Å². The Hall–Kier alpha value is -2.81. The minimum atomic E-state index is 0.695. The van der Waals surface area contributed by atoms with Crippen LogP contribution in [-0.4, -0.2) is 37.1 Å². The van der Waals surface area contributed by atoms with Crippen LogP contribution < -0.4 is 4.90 Å². The molecule has 0 radical (unpaired) electrons. The Balaban J connectivity index is 1.48. The van der Waals surface area contributed by atoms with Crippen molar-refractivity contribution in [3.63, 3.8) is 0 Å². The molecule has 0 bridgehead atoms. The summed E-state index contributed by atoms with van der Waals surface area (Å²) in [4.78, 5) is 5.19. The third-order valence-corrected chi connectivity index (χ3v) is 7.59. The fourth-order valence-corrected chi connectivity index (χ4v) is 5.63. The number of hydrogen-bond acceptors (Lipinski definition) is 2. The van der Waals surface area contributed by atoms with Crippen LogP contribution >= 0.6 is 11.6 Å². The Morgan fingerprint density at radius 1 is 0.735 bits per heavy atom. The van der Waals surface area contributed by atoms with Crippen LogP contribution in [0.25, 0.3) is 33.0 Å². The Morgan fingerprint density at radius 2 is 1.35 bits per heavy atom. The summed E-state index contributed by atoms with van der Waals surface area (Å²) in [5, 5.41) is 3.28. The second kappa shape index (κ2) is 10.2. The minimum absolute atomic E-state index is 0.695. The molecule has 0 aromatic heterocycles. The molecule has 1 aliphatic heterocycles. The molecule has 0 amide bonds. The number of rotatable bonds is 6. The maximum Gasteiger partial charge on any atom is 0.0452 e. The summed E-state index contributed by atoms with van der Waals surface area (Å²) < 4.78 is 0. The molecule has 1 fully saturated rings. The van der Waals surface area contributed by atoms with Gasteiger partial charge in [0.05, 0.1) is 0 Å². The molecule has 34 heavy (non-hydrogen) atoms. The summed E-state index contributed by atoms with van der Waals surface area (Å²) in [7, 11) is 0. The molecule has 0 aliphatic carbocycles.